The summed E-state index contributed by atoms with van der Waals surface area (Å²) in [5.74, 6) is 0.387. The SMILES string of the molecule is CCC(CN)CNCCc1cccc(F)c1. The van der Waals surface area contributed by atoms with Crippen molar-refractivity contribution in [2.45, 2.75) is 19.8 Å². The molecular formula is C13H21FN2. The van der Waals surface area contributed by atoms with E-state index in [1.165, 1.54) is 6.07 Å². The molecule has 90 valence electrons. The standard InChI is InChI=1S/C13H21FN2/c1-2-11(9-15)10-16-7-6-12-4-3-5-13(14)8-12/h3-5,8,11,16H,2,6-7,9-10,15H2,1H3. The topological polar surface area (TPSA) is 38.0 Å². The van der Waals surface area contributed by atoms with Gasteiger partial charge in [-0.2, -0.15) is 0 Å². The Kier molecular flexibility index (Phi) is 6.04. The molecule has 0 radical (unpaired) electrons. The van der Waals surface area contributed by atoms with Crippen molar-refractivity contribution in [3.63, 3.8) is 0 Å². The molecule has 3 N–H and O–H groups in total. The Labute approximate surface area is 97.0 Å². The molecule has 1 unspecified atom stereocenters. The molecule has 3 heteroatoms. The zero-order valence-electron chi connectivity index (χ0n) is 9.88. The van der Waals surface area contributed by atoms with Gasteiger partial charge < -0.3 is 11.1 Å². The molecule has 16 heavy (non-hydrogen) atoms. The Morgan fingerprint density at radius 3 is 2.88 bits per heavy atom. The van der Waals surface area contributed by atoms with Crippen molar-refractivity contribution in [3.8, 4) is 0 Å². The summed E-state index contributed by atoms with van der Waals surface area (Å²) in [7, 11) is 0. The predicted molar refractivity (Wildman–Crippen MR) is 65.8 cm³/mol. The van der Waals surface area contributed by atoms with E-state index < -0.39 is 0 Å². The van der Waals surface area contributed by atoms with Crippen LogP contribution in [0.25, 0.3) is 0 Å². The second kappa shape index (κ2) is 7.36. The quantitative estimate of drug-likeness (QED) is 0.695. The van der Waals surface area contributed by atoms with Crippen molar-refractivity contribution in [2.24, 2.45) is 11.7 Å². The van der Waals surface area contributed by atoms with Gasteiger partial charge in [0, 0.05) is 0 Å². The molecule has 0 saturated carbocycles. The largest absolute Gasteiger partial charge is 0.330 e. The van der Waals surface area contributed by atoms with E-state index >= 15 is 0 Å². The third-order valence-corrected chi connectivity index (χ3v) is 2.82. The molecule has 0 amide bonds. The lowest BCUT2D eigenvalue weighted by atomic mass is 10.1. The van der Waals surface area contributed by atoms with Crippen molar-refractivity contribution < 1.29 is 4.39 Å². The van der Waals surface area contributed by atoms with Crippen molar-refractivity contribution >= 4 is 0 Å². The fourth-order valence-electron chi connectivity index (χ4n) is 1.63. The minimum atomic E-state index is -0.161. The minimum Gasteiger partial charge on any atom is -0.330 e. The molecule has 0 aliphatic rings. The van der Waals surface area contributed by atoms with Crippen LogP contribution in [0.5, 0.6) is 0 Å². The summed E-state index contributed by atoms with van der Waals surface area (Å²) in [4.78, 5) is 0. The maximum absolute atomic E-state index is 12.9. The molecule has 0 fully saturated rings. The summed E-state index contributed by atoms with van der Waals surface area (Å²) >= 11 is 0. The van der Waals surface area contributed by atoms with E-state index in [1.54, 1.807) is 12.1 Å². The molecule has 0 spiro atoms. The van der Waals surface area contributed by atoms with Crippen molar-refractivity contribution in [1.29, 1.82) is 0 Å². The molecule has 0 aromatic heterocycles. The van der Waals surface area contributed by atoms with Crippen LogP contribution in [0.3, 0.4) is 0 Å². The summed E-state index contributed by atoms with van der Waals surface area (Å²) in [6.07, 6.45) is 1.96. The van der Waals surface area contributed by atoms with Gasteiger partial charge >= 0.3 is 0 Å². The number of nitrogens with two attached hydrogens (primary N) is 1. The molecule has 0 heterocycles. The highest BCUT2D eigenvalue weighted by atomic mass is 19.1. The first-order chi connectivity index (χ1) is 7.76. The van der Waals surface area contributed by atoms with Crippen molar-refractivity contribution in [3.05, 3.63) is 35.6 Å². The normalized spacial score (nSPS) is 12.7. The van der Waals surface area contributed by atoms with Crippen molar-refractivity contribution in [2.75, 3.05) is 19.6 Å². The van der Waals surface area contributed by atoms with Crippen LogP contribution >= 0.6 is 0 Å². The van der Waals surface area contributed by atoms with Crippen LogP contribution in [0, 0.1) is 11.7 Å². The highest BCUT2D eigenvalue weighted by molar-refractivity contribution is 5.16. The fourth-order valence-corrected chi connectivity index (χ4v) is 1.63. The third-order valence-electron chi connectivity index (χ3n) is 2.82. The zero-order valence-corrected chi connectivity index (χ0v) is 9.88. The maximum Gasteiger partial charge on any atom is 0.123 e. The molecule has 2 nitrogen and oxygen atoms in total. The van der Waals surface area contributed by atoms with Crippen LogP contribution < -0.4 is 11.1 Å². The summed E-state index contributed by atoms with van der Waals surface area (Å²) in [5, 5.41) is 3.35. The maximum atomic E-state index is 12.9. The molecule has 0 aliphatic heterocycles. The molecule has 1 atom stereocenters. The van der Waals surface area contributed by atoms with E-state index in [4.69, 9.17) is 5.73 Å². The Bertz CT molecular complexity index is 298. The molecule has 0 aliphatic carbocycles. The monoisotopic (exact) mass is 224 g/mol. The van der Waals surface area contributed by atoms with Gasteiger partial charge in [0.25, 0.3) is 0 Å². The van der Waals surface area contributed by atoms with Gasteiger partial charge in [0.05, 0.1) is 0 Å². The van der Waals surface area contributed by atoms with E-state index in [-0.39, 0.29) is 5.82 Å². The average molecular weight is 224 g/mol. The number of benzene rings is 1. The smallest absolute Gasteiger partial charge is 0.123 e. The number of hydrogen-bond donors (Lipinski definition) is 2. The van der Waals surface area contributed by atoms with Gasteiger partial charge in [-0.1, -0.05) is 25.5 Å². The third kappa shape index (κ3) is 4.73. The van der Waals surface area contributed by atoms with Crippen LogP contribution in [0.1, 0.15) is 18.9 Å². The lowest BCUT2D eigenvalue weighted by Crippen LogP contribution is -2.29. The van der Waals surface area contributed by atoms with Crippen molar-refractivity contribution in [1.82, 2.24) is 5.32 Å². The lowest BCUT2D eigenvalue weighted by molar-refractivity contribution is 0.473. The summed E-state index contributed by atoms with van der Waals surface area (Å²) in [5.41, 5.74) is 6.64. The number of halogens is 1. The van der Waals surface area contributed by atoms with E-state index in [0.717, 1.165) is 38.0 Å². The number of rotatable bonds is 7. The summed E-state index contributed by atoms with van der Waals surface area (Å²) < 4.78 is 12.9. The second-order valence-corrected chi connectivity index (χ2v) is 4.09. The van der Waals surface area contributed by atoms with Gasteiger partial charge in [0.2, 0.25) is 0 Å². The van der Waals surface area contributed by atoms with Gasteiger partial charge in [-0.25, -0.2) is 4.39 Å². The van der Waals surface area contributed by atoms with E-state index in [0.29, 0.717) is 5.92 Å². The first kappa shape index (κ1) is 13.1. The zero-order chi connectivity index (χ0) is 11.8. The van der Waals surface area contributed by atoms with Crippen LogP contribution in [0.4, 0.5) is 4.39 Å². The Balaban J connectivity index is 2.20. The Morgan fingerprint density at radius 2 is 2.25 bits per heavy atom. The average Bonchev–Trinajstić information content (AvgIpc) is 2.29. The number of nitrogens with one attached hydrogen (secondary N) is 1. The minimum absolute atomic E-state index is 0.161. The fraction of sp³-hybridized carbons (Fsp3) is 0.538. The molecule has 1 rings (SSSR count). The highest BCUT2D eigenvalue weighted by Gasteiger charge is 2.02. The van der Waals surface area contributed by atoms with E-state index in [2.05, 4.69) is 12.2 Å². The van der Waals surface area contributed by atoms with Gasteiger partial charge in [0.1, 0.15) is 5.82 Å². The lowest BCUT2D eigenvalue weighted by Gasteiger charge is -2.12. The highest BCUT2D eigenvalue weighted by Crippen LogP contribution is 2.03. The second-order valence-electron chi connectivity index (χ2n) is 4.09. The van der Waals surface area contributed by atoms with Gasteiger partial charge in [0.15, 0.2) is 0 Å². The van der Waals surface area contributed by atoms with Gasteiger partial charge in [-0.05, 0) is 49.7 Å². The van der Waals surface area contributed by atoms with E-state index in [9.17, 15) is 4.39 Å². The van der Waals surface area contributed by atoms with E-state index in [1.807, 2.05) is 6.07 Å². The summed E-state index contributed by atoms with van der Waals surface area (Å²) in [6, 6.07) is 6.75. The van der Waals surface area contributed by atoms with Gasteiger partial charge in [-0.15, -0.1) is 0 Å². The first-order valence-corrected chi connectivity index (χ1v) is 5.91. The molecular weight excluding hydrogens is 203 g/mol. The van der Waals surface area contributed by atoms with Gasteiger partial charge in [-0.3, -0.25) is 0 Å². The predicted octanol–water partition coefficient (Wildman–Crippen LogP) is 1.94. The van der Waals surface area contributed by atoms with Crippen LogP contribution in [-0.2, 0) is 6.42 Å². The molecule has 0 saturated heterocycles. The van der Waals surface area contributed by atoms with Crippen LogP contribution in [0.15, 0.2) is 24.3 Å². The molecule has 1 aromatic carbocycles. The summed E-state index contributed by atoms with van der Waals surface area (Å²) in [6.45, 7) is 4.69. The molecule has 0 bridgehead atoms. The van der Waals surface area contributed by atoms with Crippen LogP contribution in [0.2, 0.25) is 0 Å². The molecule has 1 aromatic rings. The number of hydrogen-bond acceptors (Lipinski definition) is 2. The first-order valence-electron chi connectivity index (χ1n) is 5.91. The van der Waals surface area contributed by atoms with Crippen LogP contribution in [-0.4, -0.2) is 19.6 Å². The Morgan fingerprint density at radius 1 is 1.44 bits per heavy atom. The Hall–Kier alpha value is -0.930.